The SMILES string of the molecule is [B]c1ccc2c3c1O[C@@H](C(=O)CC)[C@]31CCN(C)[C@H](C2)[C@@H]1C. The molecule has 1 fully saturated rings. The maximum absolute atomic E-state index is 12.6. The summed E-state index contributed by atoms with van der Waals surface area (Å²) >= 11 is 0. The van der Waals surface area contributed by atoms with Crippen molar-refractivity contribution < 1.29 is 9.53 Å². The van der Waals surface area contributed by atoms with Gasteiger partial charge < -0.3 is 9.64 Å². The second-order valence-corrected chi connectivity index (χ2v) is 7.17. The third-order valence-electron chi connectivity index (χ3n) is 6.35. The molecular weight excluding hydrogens is 273 g/mol. The molecular formula is C18H22BNO2. The molecule has 2 heterocycles. The number of ketones is 1. The van der Waals surface area contributed by atoms with Gasteiger partial charge in [-0.15, -0.1) is 0 Å². The minimum absolute atomic E-state index is 0.178. The Labute approximate surface area is 133 Å². The molecule has 0 amide bonds. The van der Waals surface area contributed by atoms with Crippen LogP contribution in [-0.2, 0) is 16.6 Å². The van der Waals surface area contributed by atoms with Gasteiger partial charge in [-0.3, -0.25) is 4.79 Å². The molecule has 2 aliphatic heterocycles. The standard InChI is InChI=1S/C18H22BNO2/c1-4-14(21)17-18-7-8-20(3)13(10(18)2)9-11-5-6-12(19)16(22-17)15(11)18/h5-6,10,13,17H,4,7-9H2,1-3H3/t10-,13+,17-,18-/m0/s1. The second kappa shape index (κ2) is 4.61. The summed E-state index contributed by atoms with van der Waals surface area (Å²) in [4.78, 5) is 15.1. The van der Waals surface area contributed by atoms with Gasteiger partial charge in [0.05, 0.1) is 0 Å². The number of likely N-dealkylation sites (tertiary alicyclic amines) is 1. The van der Waals surface area contributed by atoms with Crippen molar-refractivity contribution in [2.75, 3.05) is 13.6 Å². The first-order chi connectivity index (χ1) is 10.5. The van der Waals surface area contributed by atoms with Crippen LogP contribution in [0.3, 0.4) is 0 Å². The molecule has 1 aliphatic carbocycles. The van der Waals surface area contributed by atoms with Crippen LogP contribution in [0.5, 0.6) is 5.75 Å². The number of hydrogen-bond donors (Lipinski definition) is 0. The van der Waals surface area contributed by atoms with Crippen LogP contribution in [0.15, 0.2) is 12.1 Å². The Hall–Kier alpha value is -1.29. The zero-order chi connectivity index (χ0) is 15.6. The van der Waals surface area contributed by atoms with Crippen LogP contribution in [0, 0.1) is 5.92 Å². The van der Waals surface area contributed by atoms with Gasteiger partial charge in [0.2, 0.25) is 0 Å². The molecule has 3 aliphatic rings. The van der Waals surface area contributed by atoms with Gasteiger partial charge in [0, 0.05) is 23.4 Å². The third kappa shape index (κ3) is 1.54. The number of likely N-dealkylation sites (N-methyl/N-ethyl adjacent to an activating group) is 1. The van der Waals surface area contributed by atoms with Crippen LogP contribution in [-0.4, -0.2) is 44.3 Å². The maximum atomic E-state index is 12.6. The normalized spacial score (nSPS) is 35.9. The van der Waals surface area contributed by atoms with E-state index in [4.69, 9.17) is 12.6 Å². The van der Waals surface area contributed by atoms with E-state index in [1.54, 1.807) is 0 Å². The van der Waals surface area contributed by atoms with Gasteiger partial charge in [0.15, 0.2) is 11.9 Å². The van der Waals surface area contributed by atoms with Crippen molar-refractivity contribution in [3.05, 3.63) is 23.3 Å². The molecule has 3 nitrogen and oxygen atoms in total. The number of rotatable bonds is 2. The van der Waals surface area contributed by atoms with E-state index in [1.807, 2.05) is 13.0 Å². The Morgan fingerprint density at radius 1 is 1.50 bits per heavy atom. The summed E-state index contributed by atoms with van der Waals surface area (Å²) < 4.78 is 6.20. The Bertz CT molecular complexity index is 659. The number of piperidine rings is 1. The minimum atomic E-state index is -0.359. The number of fused-ring (bicyclic) bond motifs is 1. The van der Waals surface area contributed by atoms with E-state index in [2.05, 4.69) is 24.9 Å². The van der Waals surface area contributed by atoms with Gasteiger partial charge >= 0.3 is 0 Å². The van der Waals surface area contributed by atoms with Crippen molar-refractivity contribution in [2.45, 2.75) is 50.7 Å². The average Bonchev–Trinajstić information content (AvgIpc) is 2.86. The lowest BCUT2D eigenvalue weighted by Crippen LogP contribution is -2.62. The van der Waals surface area contributed by atoms with Crippen LogP contribution in [0.4, 0.5) is 0 Å². The number of ether oxygens (including phenoxy) is 1. The molecule has 4 heteroatoms. The summed E-state index contributed by atoms with van der Waals surface area (Å²) in [6, 6.07) is 4.56. The maximum Gasteiger partial charge on any atom is 0.173 e. The van der Waals surface area contributed by atoms with E-state index >= 15 is 0 Å². The number of hydrogen-bond acceptors (Lipinski definition) is 3. The fraction of sp³-hybridized carbons (Fsp3) is 0.611. The highest BCUT2D eigenvalue weighted by Gasteiger charge is 2.61. The van der Waals surface area contributed by atoms with Gasteiger partial charge in [-0.1, -0.05) is 31.4 Å². The van der Waals surface area contributed by atoms with Crippen molar-refractivity contribution in [3.63, 3.8) is 0 Å². The predicted molar refractivity (Wildman–Crippen MR) is 87.1 cm³/mol. The first-order valence-electron chi connectivity index (χ1n) is 8.32. The van der Waals surface area contributed by atoms with Crippen molar-refractivity contribution in [1.82, 2.24) is 4.90 Å². The molecule has 4 atom stereocenters. The van der Waals surface area contributed by atoms with Gasteiger partial charge in [-0.25, -0.2) is 0 Å². The van der Waals surface area contributed by atoms with Crippen LogP contribution < -0.4 is 10.2 Å². The van der Waals surface area contributed by atoms with E-state index in [-0.39, 0.29) is 17.3 Å². The molecule has 0 aromatic heterocycles. The van der Waals surface area contributed by atoms with Gasteiger partial charge in [0.25, 0.3) is 0 Å². The highest BCUT2D eigenvalue weighted by Crippen LogP contribution is 2.57. The van der Waals surface area contributed by atoms with Gasteiger partial charge in [-0.2, -0.15) is 0 Å². The Morgan fingerprint density at radius 2 is 2.27 bits per heavy atom. The number of carbonyl (C=O) groups is 1. The molecule has 1 aromatic rings. The average molecular weight is 295 g/mol. The largest absolute Gasteiger partial charge is 0.482 e. The lowest BCUT2D eigenvalue weighted by Gasteiger charge is -2.54. The Balaban J connectivity index is 1.98. The fourth-order valence-corrected chi connectivity index (χ4v) is 5.10. The molecule has 4 rings (SSSR count). The predicted octanol–water partition coefficient (Wildman–Crippen LogP) is 1.35. The van der Waals surface area contributed by atoms with Crippen molar-refractivity contribution in [1.29, 1.82) is 0 Å². The lowest BCUT2D eigenvalue weighted by molar-refractivity contribution is -0.131. The van der Waals surface area contributed by atoms with Crippen LogP contribution >= 0.6 is 0 Å². The molecule has 0 unspecified atom stereocenters. The molecule has 0 saturated carbocycles. The number of benzene rings is 1. The zero-order valence-corrected chi connectivity index (χ0v) is 13.6. The Kier molecular flexibility index (Phi) is 3.00. The third-order valence-corrected chi connectivity index (χ3v) is 6.35. The second-order valence-electron chi connectivity index (χ2n) is 7.17. The Morgan fingerprint density at radius 3 is 3.00 bits per heavy atom. The van der Waals surface area contributed by atoms with Crippen LogP contribution in [0.2, 0.25) is 0 Å². The summed E-state index contributed by atoms with van der Waals surface area (Å²) in [6.07, 6.45) is 2.16. The van der Waals surface area contributed by atoms with E-state index in [0.717, 1.165) is 25.1 Å². The van der Waals surface area contributed by atoms with E-state index in [9.17, 15) is 4.79 Å². The quantitative estimate of drug-likeness (QED) is 0.772. The molecule has 22 heavy (non-hydrogen) atoms. The summed E-state index contributed by atoms with van der Waals surface area (Å²) in [5, 5.41) is 0. The zero-order valence-electron chi connectivity index (χ0n) is 13.6. The van der Waals surface area contributed by atoms with E-state index < -0.39 is 0 Å². The molecule has 114 valence electrons. The highest BCUT2D eigenvalue weighted by molar-refractivity contribution is 6.34. The first kappa shape index (κ1) is 14.3. The summed E-state index contributed by atoms with van der Waals surface area (Å²) in [5.74, 6) is 1.40. The highest BCUT2D eigenvalue weighted by atomic mass is 16.5. The van der Waals surface area contributed by atoms with E-state index in [0.29, 0.717) is 23.8 Å². The van der Waals surface area contributed by atoms with Gasteiger partial charge in [-0.05, 0) is 37.9 Å². The number of nitrogens with zero attached hydrogens (tertiary/aromatic N) is 1. The summed E-state index contributed by atoms with van der Waals surface area (Å²) in [7, 11) is 8.38. The molecule has 1 aromatic carbocycles. The monoisotopic (exact) mass is 295 g/mol. The molecule has 1 spiro atoms. The van der Waals surface area contributed by atoms with Crippen molar-refractivity contribution in [2.24, 2.45) is 5.92 Å². The van der Waals surface area contributed by atoms with E-state index in [1.165, 1.54) is 11.1 Å². The van der Waals surface area contributed by atoms with Gasteiger partial charge in [0.1, 0.15) is 13.6 Å². The topological polar surface area (TPSA) is 29.5 Å². The molecule has 2 radical (unpaired) electrons. The summed E-state index contributed by atoms with van der Waals surface area (Å²) in [5.41, 5.74) is 3.07. The fourth-order valence-electron chi connectivity index (χ4n) is 5.10. The molecule has 0 N–H and O–H groups in total. The lowest BCUT2D eigenvalue weighted by atomic mass is 9.55. The van der Waals surface area contributed by atoms with Crippen molar-refractivity contribution in [3.8, 4) is 5.75 Å². The minimum Gasteiger partial charge on any atom is -0.482 e. The molecule has 2 bridgehead atoms. The van der Waals surface area contributed by atoms with Crippen molar-refractivity contribution >= 4 is 19.1 Å². The first-order valence-corrected chi connectivity index (χ1v) is 8.32. The summed E-state index contributed by atoms with van der Waals surface area (Å²) in [6.45, 7) is 5.23. The smallest absolute Gasteiger partial charge is 0.173 e. The number of Topliss-reactive ketones (excluding diaryl/α,β-unsaturated/α-hetero) is 1. The number of carbonyl (C=O) groups excluding carboxylic acids is 1. The molecule has 1 saturated heterocycles. The van der Waals surface area contributed by atoms with Crippen LogP contribution in [0.25, 0.3) is 0 Å². The van der Waals surface area contributed by atoms with Crippen LogP contribution in [0.1, 0.15) is 37.8 Å².